The second-order valence-electron chi connectivity index (χ2n) is 8.03. The van der Waals surface area contributed by atoms with Crippen LogP contribution < -0.4 is 10.1 Å². The molecule has 0 fully saturated rings. The summed E-state index contributed by atoms with van der Waals surface area (Å²) in [6, 6.07) is 24.7. The molecule has 0 radical (unpaired) electrons. The molecule has 0 spiro atoms. The minimum atomic E-state index is -0.607. The second kappa shape index (κ2) is 14.5. The maximum Gasteiger partial charge on any atom is 0.411 e. The van der Waals surface area contributed by atoms with Crippen LogP contribution in [0.5, 0.6) is 5.75 Å². The second-order valence-corrected chi connectivity index (χ2v) is 8.03. The lowest BCUT2D eigenvalue weighted by Gasteiger charge is -2.15. The zero-order chi connectivity index (χ0) is 25.6. The molecule has 0 aromatic heterocycles. The van der Waals surface area contributed by atoms with Crippen LogP contribution in [0.25, 0.3) is 0 Å². The van der Waals surface area contributed by atoms with Crippen molar-refractivity contribution in [2.45, 2.75) is 39.4 Å². The Bertz CT molecular complexity index is 1070. The number of carbonyl (C=O) groups excluding carboxylic acids is 2. The van der Waals surface area contributed by atoms with Crippen LogP contribution in [-0.4, -0.2) is 38.0 Å². The Morgan fingerprint density at radius 3 is 2.14 bits per heavy atom. The molecule has 0 aliphatic carbocycles. The van der Waals surface area contributed by atoms with Crippen molar-refractivity contribution in [3.8, 4) is 5.75 Å². The maximum atomic E-state index is 12.0. The van der Waals surface area contributed by atoms with E-state index in [0.717, 1.165) is 28.9 Å². The average molecular weight is 492 g/mol. The Balaban J connectivity index is 1.40. The van der Waals surface area contributed by atoms with Crippen LogP contribution in [0.3, 0.4) is 0 Å². The van der Waals surface area contributed by atoms with Crippen LogP contribution in [0.4, 0.5) is 10.5 Å². The quantitative estimate of drug-likeness (QED) is 0.315. The third-order valence-electron chi connectivity index (χ3n) is 5.33. The van der Waals surface area contributed by atoms with E-state index in [-0.39, 0.29) is 12.6 Å². The lowest BCUT2D eigenvalue weighted by molar-refractivity contribution is -0.156. The molecule has 3 aromatic carbocycles. The first kappa shape index (κ1) is 26.8. The molecule has 1 atom stereocenters. The van der Waals surface area contributed by atoms with Crippen LogP contribution in [0.15, 0.2) is 78.9 Å². The van der Waals surface area contributed by atoms with Gasteiger partial charge in [0, 0.05) is 25.1 Å². The van der Waals surface area contributed by atoms with E-state index in [2.05, 4.69) is 5.32 Å². The van der Waals surface area contributed by atoms with Gasteiger partial charge in [0.25, 0.3) is 0 Å². The third-order valence-corrected chi connectivity index (χ3v) is 5.33. The summed E-state index contributed by atoms with van der Waals surface area (Å²) in [4.78, 5) is 24.0. The van der Waals surface area contributed by atoms with Crippen molar-refractivity contribution in [2.75, 3.05) is 25.1 Å². The van der Waals surface area contributed by atoms with Gasteiger partial charge in [0.05, 0.1) is 13.2 Å². The Kier molecular flexibility index (Phi) is 10.8. The number of anilines is 1. The molecule has 0 saturated carbocycles. The summed E-state index contributed by atoms with van der Waals surface area (Å²) >= 11 is 0. The molecule has 0 unspecified atom stereocenters. The molecular formula is C29H33NO6. The van der Waals surface area contributed by atoms with E-state index < -0.39 is 12.2 Å². The summed E-state index contributed by atoms with van der Waals surface area (Å²) in [5, 5.41) is 2.73. The molecule has 0 heterocycles. The zero-order valence-corrected chi connectivity index (χ0v) is 20.8. The summed E-state index contributed by atoms with van der Waals surface area (Å²) < 4.78 is 21.7. The SMILES string of the molecule is CCOC(=O)[C@H](Cc1ccc(OCCc2ccc(NC(=O)OCc3ccccc3)cc2)cc1)OCC. The monoisotopic (exact) mass is 491 g/mol. The zero-order valence-electron chi connectivity index (χ0n) is 20.8. The molecule has 3 aromatic rings. The average Bonchev–Trinajstić information content (AvgIpc) is 2.90. The first-order valence-corrected chi connectivity index (χ1v) is 12.1. The number of hydrogen-bond donors (Lipinski definition) is 1. The van der Waals surface area contributed by atoms with E-state index in [1.54, 1.807) is 6.92 Å². The maximum absolute atomic E-state index is 12.0. The summed E-state index contributed by atoms with van der Waals surface area (Å²) in [5.74, 6) is 0.410. The number of esters is 1. The van der Waals surface area contributed by atoms with Gasteiger partial charge >= 0.3 is 12.1 Å². The normalized spacial score (nSPS) is 11.4. The first-order chi connectivity index (χ1) is 17.6. The van der Waals surface area contributed by atoms with Crippen molar-refractivity contribution in [3.05, 3.63) is 95.6 Å². The van der Waals surface area contributed by atoms with E-state index in [9.17, 15) is 9.59 Å². The Labute approximate surface area is 212 Å². The van der Waals surface area contributed by atoms with Gasteiger partial charge in [-0.2, -0.15) is 0 Å². The number of carbonyl (C=O) groups is 2. The molecule has 7 nitrogen and oxygen atoms in total. The molecule has 0 aliphatic rings. The Morgan fingerprint density at radius 1 is 0.778 bits per heavy atom. The van der Waals surface area contributed by atoms with E-state index in [0.29, 0.717) is 31.9 Å². The molecule has 7 heteroatoms. The van der Waals surface area contributed by atoms with Crippen LogP contribution in [-0.2, 0) is 38.5 Å². The molecule has 190 valence electrons. The molecule has 0 bridgehead atoms. The topological polar surface area (TPSA) is 83.1 Å². The highest BCUT2D eigenvalue weighted by atomic mass is 16.6. The largest absolute Gasteiger partial charge is 0.493 e. The predicted molar refractivity (Wildman–Crippen MR) is 138 cm³/mol. The van der Waals surface area contributed by atoms with Crippen molar-refractivity contribution < 1.29 is 28.5 Å². The number of nitrogens with one attached hydrogen (secondary N) is 1. The Morgan fingerprint density at radius 2 is 1.47 bits per heavy atom. The fourth-order valence-electron chi connectivity index (χ4n) is 3.50. The van der Waals surface area contributed by atoms with Gasteiger partial charge in [-0.1, -0.05) is 54.6 Å². The number of benzene rings is 3. The van der Waals surface area contributed by atoms with Gasteiger partial charge < -0.3 is 18.9 Å². The third kappa shape index (κ3) is 9.07. The van der Waals surface area contributed by atoms with Gasteiger partial charge in [-0.05, 0) is 54.8 Å². The number of rotatable bonds is 13. The van der Waals surface area contributed by atoms with E-state index >= 15 is 0 Å². The van der Waals surface area contributed by atoms with Gasteiger partial charge in [0.1, 0.15) is 12.4 Å². The Hall–Kier alpha value is -3.84. The van der Waals surface area contributed by atoms with Crippen LogP contribution in [0, 0.1) is 0 Å². The molecule has 3 rings (SSSR count). The highest BCUT2D eigenvalue weighted by Crippen LogP contribution is 2.16. The summed E-state index contributed by atoms with van der Waals surface area (Å²) in [6.07, 6.45) is 0.0706. The van der Waals surface area contributed by atoms with Gasteiger partial charge in [0.15, 0.2) is 6.10 Å². The molecule has 1 amide bonds. The summed E-state index contributed by atoms with van der Waals surface area (Å²) in [7, 11) is 0. The van der Waals surface area contributed by atoms with Crippen molar-refractivity contribution >= 4 is 17.7 Å². The minimum Gasteiger partial charge on any atom is -0.493 e. The summed E-state index contributed by atoms with van der Waals surface area (Å²) in [5.41, 5.74) is 3.66. The fraction of sp³-hybridized carbons (Fsp3) is 0.310. The molecule has 1 N–H and O–H groups in total. The molecule has 0 aliphatic heterocycles. The van der Waals surface area contributed by atoms with Gasteiger partial charge in [0.2, 0.25) is 0 Å². The van der Waals surface area contributed by atoms with Crippen LogP contribution >= 0.6 is 0 Å². The van der Waals surface area contributed by atoms with Crippen molar-refractivity contribution in [1.82, 2.24) is 0 Å². The fourth-order valence-corrected chi connectivity index (χ4v) is 3.50. The molecule has 36 heavy (non-hydrogen) atoms. The smallest absolute Gasteiger partial charge is 0.411 e. The lowest BCUT2D eigenvalue weighted by atomic mass is 10.1. The number of hydrogen-bond acceptors (Lipinski definition) is 6. The number of ether oxygens (including phenoxy) is 4. The molecular weight excluding hydrogens is 458 g/mol. The van der Waals surface area contributed by atoms with Gasteiger partial charge in [-0.3, -0.25) is 5.32 Å². The van der Waals surface area contributed by atoms with Gasteiger partial charge in [-0.15, -0.1) is 0 Å². The van der Waals surface area contributed by atoms with Crippen LogP contribution in [0.1, 0.15) is 30.5 Å². The lowest BCUT2D eigenvalue weighted by Crippen LogP contribution is -2.28. The summed E-state index contributed by atoms with van der Waals surface area (Å²) in [6.45, 7) is 5.14. The van der Waals surface area contributed by atoms with Gasteiger partial charge in [-0.25, -0.2) is 9.59 Å². The first-order valence-electron chi connectivity index (χ1n) is 12.1. The highest BCUT2D eigenvalue weighted by Gasteiger charge is 2.20. The van der Waals surface area contributed by atoms with Crippen molar-refractivity contribution in [1.29, 1.82) is 0 Å². The van der Waals surface area contributed by atoms with E-state index in [1.165, 1.54) is 0 Å². The van der Waals surface area contributed by atoms with Crippen LogP contribution in [0.2, 0.25) is 0 Å². The van der Waals surface area contributed by atoms with E-state index in [1.807, 2.05) is 85.8 Å². The van der Waals surface area contributed by atoms with Crippen molar-refractivity contribution in [3.63, 3.8) is 0 Å². The molecule has 0 saturated heterocycles. The number of amides is 1. The highest BCUT2D eigenvalue weighted by molar-refractivity contribution is 5.84. The standard InChI is InChI=1S/C29H33NO6/c1-3-33-27(28(31)34-4-2)20-23-12-16-26(17-13-23)35-19-18-22-10-14-25(15-11-22)30-29(32)36-21-24-8-6-5-7-9-24/h5-17,27H,3-4,18-21H2,1-2H3,(H,30,32)/t27-/m0/s1. The van der Waals surface area contributed by atoms with Crippen molar-refractivity contribution in [2.24, 2.45) is 0 Å². The van der Waals surface area contributed by atoms with E-state index in [4.69, 9.17) is 18.9 Å². The predicted octanol–water partition coefficient (Wildman–Crippen LogP) is 5.57. The minimum absolute atomic E-state index is 0.224.